The van der Waals surface area contributed by atoms with E-state index in [-0.39, 0.29) is 0 Å². The summed E-state index contributed by atoms with van der Waals surface area (Å²) in [6.07, 6.45) is 1.62. The predicted molar refractivity (Wildman–Crippen MR) is 69.7 cm³/mol. The van der Waals surface area contributed by atoms with Crippen molar-refractivity contribution in [3.8, 4) is 11.3 Å². The van der Waals surface area contributed by atoms with E-state index >= 15 is 0 Å². The fourth-order valence-corrected chi connectivity index (χ4v) is 2.24. The van der Waals surface area contributed by atoms with E-state index < -0.39 is 0 Å². The molecule has 2 aromatic rings. The van der Waals surface area contributed by atoms with Gasteiger partial charge in [0, 0.05) is 11.8 Å². The molecule has 82 valence electrons. The third-order valence-corrected chi connectivity index (χ3v) is 3.46. The van der Waals surface area contributed by atoms with Gasteiger partial charge in [-0.2, -0.15) is 0 Å². The zero-order valence-electron chi connectivity index (χ0n) is 7.85. The number of nitrogens with zero attached hydrogens (tertiary/aromatic N) is 1. The first-order valence-corrected chi connectivity index (χ1v) is 5.87. The summed E-state index contributed by atoms with van der Waals surface area (Å²) in [5.74, 6) is 0. The summed E-state index contributed by atoms with van der Waals surface area (Å²) < 4.78 is 0. The molecule has 0 saturated heterocycles. The zero-order chi connectivity index (χ0) is 11.7. The fraction of sp³-hybridized carbons (Fsp3) is 0. The minimum Gasteiger partial charge on any atom is -0.255 e. The number of rotatable bonds is 1. The third kappa shape index (κ3) is 2.14. The number of aromatic nitrogens is 1. The van der Waals surface area contributed by atoms with Gasteiger partial charge in [-0.15, -0.1) is 0 Å². The Labute approximate surface area is 113 Å². The van der Waals surface area contributed by atoms with Crippen LogP contribution >= 0.6 is 46.4 Å². The van der Waals surface area contributed by atoms with Crippen LogP contribution < -0.4 is 0 Å². The van der Waals surface area contributed by atoms with Crippen molar-refractivity contribution in [1.82, 2.24) is 4.98 Å². The molecular weight excluding hydrogens is 288 g/mol. The molecule has 1 aromatic carbocycles. The second-order valence-corrected chi connectivity index (χ2v) is 4.65. The zero-order valence-corrected chi connectivity index (χ0v) is 10.9. The monoisotopic (exact) mass is 291 g/mol. The lowest BCUT2D eigenvalue weighted by molar-refractivity contribution is 1.33. The molecule has 0 aliphatic rings. The van der Waals surface area contributed by atoms with Crippen molar-refractivity contribution in [1.29, 1.82) is 0 Å². The van der Waals surface area contributed by atoms with Crippen LogP contribution in [0.25, 0.3) is 11.3 Å². The summed E-state index contributed by atoms with van der Waals surface area (Å²) in [6.45, 7) is 0. The van der Waals surface area contributed by atoms with Gasteiger partial charge in [0.2, 0.25) is 0 Å². The highest BCUT2D eigenvalue weighted by Gasteiger charge is 2.15. The molecule has 0 radical (unpaired) electrons. The average molecular weight is 293 g/mol. The van der Waals surface area contributed by atoms with Crippen molar-refractivity contribution in [2.75, 3.05) is 0 Å². The number of benzene rings is 1. The lowest BCUT2D eigenvalue weighted by Crippen LogP contribution is -1.87. The summed E-state index contributed by atoms with van der Waals surface area (Å²) in [5.41, 5.74) is 1.09. The molecular formula is C11H5Cl4N. The first kappa shape index (κ1) is 12.0. The summed E-state index contributed by atoms with van der Waals surface area (Å²) >= 11 is 24.1. The van der Waals surface area contributed by atoms with Crippen LogP contribution in [0.1, 0.15) is 0 Å². The average Bonchev–Trinajstić information content (AvgIpc) is 2.27. The summed E-state index contributed by atoms with van der Waals surface area (Å²) in [4.78, 5) is 4.15. The quantitative estimate of drug-likeness (QED) is 0.645. The van der Waals surface area contributed by atoms with Gasteiger partial charge in [-0.25, -0.2) is 0 Å². The highest BCUT2D eigenvalue weighted by molar-refractivity contribution is 6.46. The Bertz CT molecular complexity index is 540. The maximum absolute atomic E-state index is 6.09. The SMILES string of the molecule is Clc1cccnc1-c1c(Cl)ccc(Cl)c1Cl. The van der Waals surface area contributed by atoms with E-state index in [1.54, 1.807) is 30.5 Å². The molecule has 0 aliphatic carbocycles. The molecule has 5 heteroatoms. The highest BCUT2D eigenvalue weighted by Crippen LogP contribution is 2.40. The van der Waals surface area contributed by atoms with Crippen LogP contribution in [0.2, 0.25) is 20.1 Å². The van der Waals surface area contributed by atoms with E-state index in [0.717, 1.165) is 0 Å². The molecule has 16 heavy (non-hydrogen) atoms. The molecule has 0 unspecified atom stereocenters. The standard InChI is InChI=1S/C11H5Cl4N/c12-6-3-4-7(13)10(15)9(6)11-8(14)2-1-5-16-11/h1-5H. The van der Waals surface area contributed by atoms with Crippen LogP contribution in [0, 0.1) is 0 Å². The predicted octanol–water partition coefficient (Wildman–Crippen LogP) is 5.36. The van der Waals surface area contributed by atoms with Crippen molar-refractivity contribution in [3.63, 3.8) is 0 Å². The maximum atomic E-state index is 6.09. The molecule has 1 aromatic heterocycles. The molecule has 0 bridgehead atoms. The van der Waals surface area contributed by atoms with Crippen molar-refractivity contribution >= 4 is 46.4 Å². The molecule has 0 atom stereocenters. The van der Waals surface area contributed by atoms with Gasteiger partial charge < -0.3 is 0 Å². The largest absolute Gasteiger partial charge is 0.255 e. The first-order valence-electron chi connectivity index (χ1n) is 4.35. The van der Waals surface area contributed by atoms with E-state index in [2.05, 4.69) is 4.98 Å². The summed E-state index contributed by atoms with van der Waals surface area (Å²) in [7, 11) is 0. The molecule has 0 aliphatic heterocycles. The molecule has 0 spiro atoms. The second-order valence-electron chi connectivity index (χ2n) is 3.05. The molecule has 0 fully saturated rings. The smallest absolute Gasteiger partial charge is 0.0918 e. The van der Waals surface area contributed by atoms with E-state index in [0.29, 0.717) is 31.3 Å². The van der Waals surface area contributed by atoms with E-state index in [9.17, 15) is 0 Å². The Morgan fingerprint density at radius 2 is 1.50 bits per heavy atom. The molecule has 0 amide bonds. The number of hydrogen-bond donors (Lipinski definition) is 0. The van der Waals surface area contributed by atoms with Crippen LogP contribution in [-0.2, 0) is 0 Å². The first-order chi connectivity index (χ1) is 7.61. The highest BCUT2D eigenvalue weighted by atomic mass is 35.5. The van der Waals surface area contributed by atoms with Gasteiger partial charge in [0.05, 0.1) is 25.8 Å². The Morgan fingerprint density at radius 3 is 2.19 bits per heavy atom. The van der Waals surface area contributed by atoms with Crippen LogP contribution in [0.15, 0.2) is 30.5 Å². The Hall–Kier alpha value is -0.470. The molecule has 1 nitrogen and oxygen atoms in total. The van der Waals surface area contributed by atoms with E-state index in [1.807, 2.05) is 0 Å². The van der Waals surface area contributed by atoms with Crippen molar-refractivity contribution in [2.24, 2.45) is 0 Å². The molecule has 1 heterocycles. The van der Waals surface area contributed by atoms with Gasteiger partial charge in [-0.3, -0.25) is 4.98 Å². The van der Waals surface area contributed by atoms with Gasteiger partial charge in [-0.05, 0) is 24.3 Å². The topological polar surface area (TPSA) is 12.9 Å². The van der Waals surface area contributed by atoms with Crippen LogP contribution in [0.4, 0.5) is 0 Å². The molecule has 0 N–H and O–H groups in total. The van der Waals surface area contributed by atoms with Crippen LogP contribution in [0.3, 0.4) is 0 Å². The molecule has 0 saturated carbocycles. The fourth-order valence-electron chi connectivity index (χ4n) is 1.31. The molecule has 2 rings (SSSR count). The van der Waals surface area contributed by atoms with Gasteiger partial charge in [0.1, 0.15) is 0 Å². The Kier molecular flexibility index (Phi) is 3.60. The Balaban J connectivity index is 2.74. The number of pyridine rings is 1. The normalized spacial score (nSPS) is 10.5. The van der Waals surface area contributed by atoms with Crippen molar-refractivity contribution in [2.45, 2.75) is 0 Å². The minimum absolute atomic E-state index is 0.356. The van der Waals surface area contributed by atoms with Gasteiger partial charge >= 0.3 is 0 Å². The van der Waals surface area contributed by atoms with Crippen molar-refractivity contribution < 1.29 is 0 Å². The summed E-state index contributed by atoms with van der Waals surface area (Å²) in [6, 6.07) is 6.75. The Morgan fingerprint density at radius 1 is 0.812 bits per heavy atom. The van der Waals surface area contributed by atoms with Crippen LogP contribution in [-0.4, -0.2) is 4.98 Å². The maximum Gasteiger partial charge on any atom is 0.0918 e. The van der Waals surface area contributed by atoms with Crippen LogP contribution in [0.5, 0.6) is 0 Å². The minimum atomic E-state index is 0.356. The van der Waals surface area contributed by atoms with E-state index in [4.69, 9.17) is 46.4 Å². The number of hydrogen-bond acceptors (Lipinski definition) is 1. The lowest BCUT2D eigenvalue weighted by Gasteiger charge is -2.08. The van der Waals surface area contributed by atoms with E-state index in [1.165, 1.54) is 0 Å². The van der Waals surface area contributed by atoms with Gasteiger partial charge in [-0.1, -0.05) is 46.4 Å². The van der Waals surface area contributed by atoms with Crippen molar-refractivity contribution in [3.05, 3.63) is 50.6 Å². The summed E-state index contributed by atoms with van der Waals surface area (Å²) in [5, 5.41) is 1.72. The number of halogens is 4. The van der Waals surface area contributed by atoms with Gasteiger partial charge in [0.15, 0.2) is 0 Å². The second kappa shape index (κ2) is 4.80. The lowest BCUT2D eigenvalue weighted by atomic mass is 10.1. The third-order valence-electron chi connectivity index (χ3n) is 2.04. The van der Waals surface area contributed by atoms with Gasteiger partial charge in [0.25, 0.3) is 0 Å².